The molecule has 0 aliphatic rings. The normalized spacial score (nSPS) is 11.0. The highest BCUT2D eigenvalue weighted by Crippen LogP contribution is 2.38. The Morgan fingerprint density at radius 2 is 1.28 bits per heavy atom. The Kier molecular flexibility index (Phi) is 3.12. The van der Waals surface area contributed by atoms with Crippen LogP contribution in [0.15, 0.2) is 48.5 Å². The third-order valence-electron chi connectivity index (χ3n) is 3.10. The molecule has 3 aromatic carbocycles. The van der Waals surface area contributed by atoms with Gasteiger partial charge >= 0.3 is 0 Å². The minimum Gasteiger partial charge on any atom is -0.493 e. The maximum atomic E-state index is 5.88. The Balaban J connectivity index is 2.54. The lowest BCUT2D eigenvalue weighted by Crippen LogP contribution is -1.95. The van der Waals surface area contributed by atoms with Gasteiger partial charge in [0.15, 0.2) is 0 Å². The summed E-state index contributed by atoms with van der Waals surface area (Å²) < 4.78 is 7.18. The second-order valence-corrected chi connectivity index (χ2v) is 5.25. The predicted octanol–water partition coefficient (Wildman–Crippen LogP) is 5.00. The highest BCUT2D eigenvalue weighted by Gasteiger charge is 2.11. The molecule has 0 spiro atoms. The van der Waals surface area contributed by atoms with Crippen molar-refractivity contribution in [2.75, 3.05) is 6.61 Å². The summed E-state index contributed by atoms with van der Waals surface area (Å²) in [5.74, 6) is 1.00. The molecule has 0 fully saturated rings. The van der Waals surface area contributed by atoms with Crippen molar-refractivity contribution in [2.45, 2.75) is 6.92 Å². The van der Waals surface area contributed by atoms with Gasteiger partial charge in [0, 0.05) is 14.3 Å². The third-order valence-corrected chi connectivity index (χ3v) is 4.27. The molecule has 0 unspecified atom stereocenters. The van der Waals surface area contributed by atoms with Gasteiger partial charge in [0.05, 0.1) is 6.61 Å². The molecule has 0 bridgehead atoms. The summed E-state index contributed by atoms with van der Waals surface area (Å²) in [7, 11) is 0. The highest BCUT2D eigenvalue weighted by molar-refractivity contribution is 14.1. The van der Waals surface area contributed by atoms with E-state index in [2.05, 4.69) is 71.1 Å². The molecule has 90 valence electrons. The van der Waals surface area contributed by atoms with Gasteiger partial charge in [-0.05, 0) is 40.3 Å². The van der Waals surface area contributed by atoms with Crippen molar-refractivity contribution in [3.63, 3.8) is 0 Å². The van der Waals surface area contributed by atoms with Crippen LogP contribution in [-0.2, 0) is 0 Å². The van der Waals surface area contributed by atoms with E-state index in [1.807, 2.05) is 6.92 Å². The predicted molar refractivity (Wildman–Crippen MR) is 85.3 cm³/mol. The molecule has 0 heterocycles. The van der Waals surface area contributed by atoms with Crippen LogP contribution in [0.5, 0.6) is 5.75 Å². The second kappa shape index (κ2) is 4.76. The average molecular weight is 348 g/mol. The van der Waals surface area contributed by atoms with Crippen LogP contribution in [0.3, 0.4) is 0 Å². The van der Waals surface area contributed by atoms with Gasteiger partial charge in [-0.2, -0.15) is 0 Å². The summed E-state index contributed by atoms with van der Waals surface area (Å²) in [6.45, 7) is 2.72. The number of rotatable bonds is 2. The average Bonchev–Trinajstić information content (AvgIpc) is 2.43. The van der Waals surface area contributed by atoms with Crippen LogP contribution in [-0.4, -0.2) is 6.61 Å². The zero-order valence-corrected chi connectivity index (χ0v) is 12.3. The molecular formula is C16H13IO. The minimum absolute atomic E-state index is 0.689. The molecule has 1 nitrogen and oxygen atoms in total. The highest BCUT2D eigenvalue weighted by atomic mass is 127. The SMILES string of the molecule is CCOc1c2ccccc2c(I)c2ccccc12. The first-order chi connectivity index (χ1) is 8.83. The molecule has 18 heavy (non-hydrogen) atoms. The Bertz CT molecular complexity index is 662. The number of hydrogen-bond acceptors (Lipinski definition) is 1. The molecule has 3 aromatic rings. The molecule has 0 aliphatic carbocycles. The van der Waals surface area contributed by atoms with Crippen LogP contribution in [0.1, 0.15) is 6.92 Å². The van der Waals surface area contributed by atoms with E-state index in [1.54, 1.807) is 0 Å². The second-order valence-electron chi connectivity index (χ2n) is 4.17. The molecule has 0 saturated heterocycles. The molecule has 0 aliphatic heterocycles. The van der Waals surface area contributed by atoms with Gasteiger partial charge in [-0.25, -0.2) is 0 Å². The lowest BCUT2D eigenvalue weighted by molar-refractivity contribution is 0.348. The zero-order chi connectivity index (χ0) is 12.5. The van der Waals surface area contributed by atoms with E-state index in [0.29, 0.717) is 6.61 Å². The standard InChI is InChI=1S/C16H13IO/c1-2-18-16-13-9-5-3-7-11(13)15(17)12-8-4-6-10-14(12)16/h3-10H,2H2,1H3. The smallest absolute Gasteiger partial charge is 0.134 e. The van der Waals surface area contributed by atoms with Gasteiger partial charge in [-0.1, -0.05) is 48.5 Å². The van der Waals surface area contributed by atoms with Crippen LogP contribution in [0, 0.1) is 3.57 Å². The van der Waals surface area contributed by atoms with Crippen molar-refractivity contribution in [3.05, 3.63) is 52.1 Å². The summed E-state index contributed by atoms with van der Waals surface area (Å²) in [5, 5.41) is 4.92. The Morgan fingerprint density at radius 3 is 1.72 bits per heavy atom. The first kappa shape index (κ1) is 11.8. The number of benzene rings is 3. The lowest BCUT2D eigenvalue weighted by atomic mass is 10.0. The van der Waals surface area contributed by atoms with E-state index in [4.69, 9.17) is 4.74 Å². The van der Waals surface area contributed by atoms with Crippen LogP contribution in [0.4, 0.5) is 0 Å². The van der Waals surface area contributed by atoms with Gasteiger partial charge in [0.25, 0.3) is 0 Å². The Hall–Kier alpha value is -1.29. The first-order valence-corrected chi connectivity index (χ1v) is 7.12. The Morgan fingerprint density at radius 1 is 0.833 bits per heavy atom. The Labute approximate surface area is 120 Å². The number of fused-ring (bicyclic) bond motifs is 2. The first-order valence-electron chi connectivity index (χ1n) is 6.04. The molecule has 0 saturated carbocycles. The molecule has 0 atom stereocenters. The van der Waals surface area contributed by atoms with Gasteiger partial charge < -0.3 is 4.74 Å². The van der Waals surface area contributed by atoms with Crippen molar-refractivity contribution in [1.82, 2.24) is 0 Å². The summed E-state index contributed by atoms with van der Waals surface area (Å²) >= 11 is 2.43. The maximum Gasteiger partial charge on any atom is 0.134 e. The van der Waals surface area contributed by atoms with Crippen molar-refractivity contribution in [2.24, 2.45) is 0 Å². The molecule has 0 N–H and O–H groups in total. The van der Waals surface area contributed by atoms with Crippen LogP contribution in [0.2, 0.25) is 0 Å². The third kappa shape index (κ3) is 1.75. The fourth-order valence-corrected chi connectivity index (χ4v) is 3.28. The fraction of sp³-hybridized carbons (Fsp3) is 0.125. The zero-order valence-electron chi connectivity index (χ0n) is 10.1. The summed E-state index contributed by atoms with van der Waals surface area (Å²) in [5.41, 5.74) is 0. The van der Waals surface area contributed by atoms with Crippen LogP contribution in [0.25, 0.3) is 21.5 Å². The fourth-order valence-electron chi connectivity index (χ4n) is 2.34. The quantitative estimate of drug-likeness (QED) is 0.468. The summed E-state index contributed by atoms with van der Waals surface area (Å²) in [6, 6.07) is 16.9. The topological polar surface area (TPSA) is 9.23 Å². The van der Waals surface area contributed by atoms with Crippen LogP contribution >= 0.6 is 22.6 Å². The van der Waals surface area contributed by atoms with Crippen molar-refractivity contribution in [1.29, 1.82) is 0 Å². The molecule has 0 radical (unpaired) electrons. The lowest BCUT2D eigenvalue weighted by Gasteiger charge is -2.13. The number of ether oxygens (including phenoxy) is 1. The van der Waals surface area contributed by atoms with Gasteiger partial charge in [-0.15, -0.1) is 0 Å². The van der Waals surface area contributed by atoms with Gasteiger partial charge in [0.2, 0.25) is 0 Å². The molecule has 2 heteroatoms. The van der Waals surface area contributed by atoms with Gasteiger partial charge in [0.1, 0.15) is 5.75 Å². The van der Waals surface area contributed by atoms with E-state index in [0.717, 1.165) is 5.75 Å². The number of hydrogen-bond donors (Lipinski definition) is 0. The monoisotopic (exact) mass is 348 g/mol. The van der Waals surface area contributed by atoms with Crippen molar-refractivity contribution < 1.29 is 4.74 Å². The molecular weight excluding hydrogens is 335 g/mol. The van der Waals surface area contributed by atoms with Gasteiger partial charge in [-0.3, -0.25) is 0 Å². The van der Waals surface area contributed by atoms with Crippen molar-refractivity contribution >= 4 is 44.1 Å². The van der Waals surface area contributed by atoms with Crippen LogP contribution < -0.4 is 4.74 Å². The van der Waals surface area contributed by atoms with E-state index in [1.165, 1.54) is 25.1 Å². The van der Waals surface area contributed by atoms with E-state index < -0.39 is 0 Å². The summed E-state index contributed by atoms with van der Waals surface area (Å²) in [6.07, 6.45) is 0. The van der Waals surface area contributed by atoms with E-state index in [9.17, 15) is 0 Å². The maximum absolute atomic E-state index is 5.88. The summed E-state index contributed by atoms with van der Waals surface area (Å²) in [4.78, 5) is 0. The largest absolute Gasteiger partial charge is 0.493 e. The van der Waals surface area contributed by atoms with Crippen molar-refractivity contribution in [3.8, 4) is 5.75 Å². The molecule has 0 aromatic heterocycles. The van der Waals surface area contributed by atoms with E-state index in [-0.39, 0.29) is 0 Å². The minimum atomic E-state index is 0.689. The number of halogens is 1. The van der Waals surface area contributed by atoms with E-state index >= 15 is 0 Å². The molecule has 0 amide bonds. The molecule has 3 rings (SSSR count).